The number of benzene rings is 1. The summed E-state index contributed by atoms with van der Waals surface area (Å²) in [5, 5.41) is 3.40. The van der Waals surface area contributed by atoms with Crippen LogP contribution >= 0.6 is 11.6 Å². The molecule has 1 aliphatic heterocycles. The van der Waals surface area contributed by atoms with Crippen LogP contribution in [0.4, 0.5) is 0 Å². The number of pyridine rings is 1. The van der Waals surface area contributed by atoms with Crippen molar-refractivity contribution < 1.29 is 9.59 Å². The lowest BCUT2D eigenvalue weighted by molar-refractivity contribution is -0.137. The van der Waals surface area contributed by atoms with Crippen LogP contribution in [0.2, 0.25) is 5.15 Å². The lowest BCUT2D eigenvalue weighted by Crippen LogP contribution is -2.46. The van der Waals surface area contributed by atoms with Gasteiger partial charge >= 0.3 is 0 Å². The number of rotatable bonds is 6. The van der Waals surface area contributed by atoms with E-state index >= 15 is 0 Å². The Hall–Kier alpha value is -2.40. The molecule has 0 spiro atoms. The number of nitrogens with zero attached hydrogens (tertiary/aromatic N) is 2. The van der Waals surface area contributed by atoms with Gasteiger partial charge in [-0.1, -0.05) is 48.0 Å². The molecule has 3 rings (SSSR count). The van der Waals surface area contributed by atoms with Gasteiger partial charge in [-0.3, -0.25) is 9.59 Å². The van der Waals surface area contributed by atoms with E-state index in [1.54, 1.807) is 17.2 Å². The van der Waals surface area contributed by atoms with Crippen molar-refractivity contribution in [3.05, 3.63) is 64.9 Å². The first-order chi connectivity index (χ1) is 12.6. The molecule has 1 atom stereocenters. The summed E-state index contributed by atoms with van der Waals surface area (Å²) < 4.78 is 0. The Morgan fingerprint density at radius 1 is 1.15 bits per heavy atom. The molecule has 1 aromatic heterocycles. The molecular formula is C20H22ClN3O2. The molecule has 6 heteroatoms. The van der Waals surface area contributed by atoms with Crippen molar-refractivity contribution in [1.82, 2.24) is 15.2 Å². The van der Waals surface area contributed by atoms with Crippen LogP contribution in [0.5, 0.6) is 0 Å². The zero-order chi connectivity index (χ0) is 18.4. The molecule has 1 N–H and O–H groups in total. The predicted molar refractivity (Wildman–Crippen MR) is 101 cm³/mol. The first kappa shape index (κ1) is 18.4. The molecular weight excluding hydrogens is 350 g/mol. The molecule has 1 aliphatic rings. The predicted octanol–water partition coefficient (Wildman–Crippen LogP) is 2.63. The minimum Gasteiger partial charge on any atom is -0.354 e. The fourth-order valence-corrected chi connectivity index (χ4v) is 3.32. The van der Waals surface area contributed by atoms with Crippen LogP contribution in [0.1, 0.15) is 24.0 Å². The number of likely N-dealkylation sites (tertiary alicyclic amines) is 1. The van der Waals surface area contributed by atoms with Gasteiger partial charge in [-0.15, -0.1) is 0 Å². The highest BCUT2D eigenvalue weighted by molar-refractivity contribution is 6.29. The largest absolute Gasteiger partial charge is 0.354 e. The summed E-state index contributed by atoms with van der Waals surface area (Å²) in [6.07, 6.45) is 4.30. The maximum absolute atomic E-state index is 12.6. The van der Waals surface area contributed by atoms with Crippen molar-refractivity contribution in [1.29, 1.82) is 0 Å². The lowest BCUT2D eigenvalue weighted by Gasteiger charge is -2.24. The van der Waals surface area contributed by atoms with Crippen molar-refractivity contribution >= 4 is 23.4 Å². The molecule has 0 bridgehead atoms. The zero-order valence-electron chi connectivity index (χ0n) is 14.5. The van der Waals surface area contributed by atoms with Crippen LogP contribution in [-0.2, 0) is 22.4 Å². The molecule has 1 fully saturated rings. The molecule has 2 heterocycles. The van der Waals surface area contributed by atoms with Gasteiger partial charge in [0.1, 0.15) is 11.2 Å². The second-order valence-electron chi connectivity index (χ2n) is 6.44. The first-order valence-electron chi connectivity index (χ1n) is 8.85. The molecule has 2 amide bonds. The second-order valence-corrected chi connectivity index (χ2v) is 6.82. The van der Waals surface area contributed by atoms with Crippen LogP contribution in [0.15, 0.2) is 48.7 Å². The molecule has 136 valence electrons. The maximum Gasteiger partial charge on any atom is 0.242 e. The van der Waals surface area contributed by atoms with E-state index in [4.69, 9.17) is 11.6 Å². The van der Waals surface area contributed by atoms with Crippen molar-refractivity contribution in [3.63, 3.8) is 0 Å². The summed E-state index contributed by atoms with van der Waals surface area (Å²) >= 11 is 5.77. The molecule has 5 nitrogen and oxygen atoms in total. The normalized spacial score (nSPS) is 16.5. The molecule has 1 unspecified atom stereocenters. The highest BCUT2D eigenvalue weighted by Gasteiger charge is 2.33. The van der Waals surface area contributed by atoms with Gasteiger partial charge in [0.2, 0.25) is 11.8 Å². The standard InChI is InChI=1S/C20H22ClN3O2/c21-18-9-8-16(14-23-18)10-11-22-20(26)17-7-4-12-24(17)19(25)13-15-5-2-1-3-6-15/h1-3,5-6,8-9,14,17H,4,7,10-13H2,(H,22,26). The number of halogens is 1. The van der Waals surface area contributed by atoms with E-state index < -0.39 is 0 Å². The summed E-state index contributed by atoms with van der Waals surface area (Å²) in [4.78, 5) is 30.8. The summed E-state index contributed by atoms with van der Waals surface area (Å²) in [5.41, 5.74) is 1.98. The molecule has 0 saturated carbocycles. The van der Waals surface area contributed by atoms with Gasteiger partial charge in [0.05, 0.1) is 6.42 Å². The smallest absolute Gasteiger partial charge is 0.242 e. The van der Waals surface area contributed by atoms with E-state index in [-0.39, 0.29) is 17.9 Å². The van der Waals surface area contributed by atoms with E-state index in [2.05, 4.69) is 10.3 Å². The lowest BCUT2D eigenvalue weighted by atomic mass is 10.1. The minimum atomic E-state index is -0.366. The van der Waals surface area contributed by atoms with Gasteiger partial charge in [-0.05, 0) is 36.5 Å². The number of amides is 2. The topological polar surface area (TPSA) is 62.3 Å². The van der Waals surface area contributed by atoms with E-state index in [9.17, 15) is 9.59 Å². The third-order valence-electron chi connectivity index (χ3n) is 4.58. The SMILES string of the molecule is O=C(NCCc1ccc(Cl)nc1)C1CCCN1C(=O)Cc1ccccc1. The average Bonchev–Trinajstić information content (AvgIpc) is 3.14. The van der Waals surface area contributed by atoms with Gasteiger partial charge < -0.3 is 10.2 Å². The second kappa shape index (κ2) is 8.81. The Kier molecular flexibility index (Phi) is 6.23. The van der Waals surface area contributed by atoms with Crippen molar-refractivity contribution in [3.8, 4) is 0 Å². The number of carbonyl (C=O) groups is 2. The van der Waals surface area contributed by atoms with Gasteiger partial charge in [0.15, 0.2) is 0 Å². The van der Waals surface area contributed by atoms with Crippen molar-refractivity contribution in [2.24, 2.45) is 0 Å². The van der Waals surface area contributed by atoms with Crippen LogP contribution in [-0.4, -0.2) is 40.8 Å². The van der Waals surface area contributed by atoms with Crippen LogP contribution < -0.4 is 5.32 Å². The van der Waals surface area contributed by atoms with Crippen LogP contribution in [0.25, 0.3) is 0 Å². The number of aromatic nitrogens is 1. The Morgan fingerprint density at radius 3 is 2.69 bits per heavy atom. The number of carbonyl (C=O) groups excluding carboxylic acids is 2. The van der Waals surface area contributed by atoms with Gasteiger partial charge in [0.25, 0.3) is 0 Å². The zero-order valence-corrected chi connectivity index (χ0v) is 15.3. The third-order valence-corrected chi connectivity index (χ3v) is 4.80. The van der Waals surface area contributed by atoms with Gasteiger partial charge in [-0.25, -0.2) is 4.98 Å². The first-order valence-corrected chi connectivity index (χ1v) is 9.23. The van der Waals surface area contributed by atoms with Crippen molar-refractivity contribution in [2.45, 2.75) is 31.7 Å². The van der Waals surface area contributed by atoms with E-state index in [0.29, 0.717) is 31.1 Å². The fourth-order valence-electron chi connectivity index (χ4n) is 3.21. The Labute approximate surface area is 158 Å². The summed E-state index contributed by atoms with van der Waals surface area (Å²) in [6.45, 7) is 1.16. The molecule has 0 radical (unpaired) electrons. The number of nitrogens with one attached hydrogen (secondary N) is 1. The van der Waals surface area contributed by atoms with E-state index in [1.165, 1.54) is 0 Å². The molecule has 1 saturated heterocycles. The molecule has 26 heavy (non-hydrogen) atoms. The summed E-state index contributed by atoms with van der Waals surface area (Å²) in [6, 6.07) is 12.9. The molecule has 0 aliphatic carbocycles. The Bertz CT molecular complexity index is 749. The highest BCUT2D eigenvalue weighted by atomic mass is 35.5. The molecule has 2 aromatic rings. The maximum atomic E-state index is 12.6. The van der Waals surface area contributed by atoms with Crippen LogP contribution in [0, 0.1) is 0 Å². The van der Waals surface area contributed by atoms with Gasteiger partial charge in [0, 0.05) is 19.3 Å². The Morgan fingerprint density at radius 2 is 1.96 bits per heavy atom. The van der Waals surface area contributed by atoms with E-state index in [1.807, 2.05) is 36.4 Å². The summed E-state index contributed by atoms with van der Waals surface area (Å²) in [5.74, 6) is -0.0680. The monoisotopic (exact) mass is 371 g/mol. The van der Waals surface area contributed by atoms with E-state index in [0.717, 1.165) is 24.0 Å². The minimum absolute atomic E-state index is 0.00995. The molecule has 1 aromatic carbocycles. The average molecular weight is 372 g/mol. The fraction of sp³-hybridized carbons (Fsp3) is 0.350. The Balaban J connectivity index is 1.51. The van der Waals surface area contributed by atoms with Crippen molar-refractivity contribution in [2.75, 3.05) is 13.1 Å². The third kappa shape index (κ3) is 4.82. The quantitative estimate of drug-likeness (QED) is 0.794. The van der Waals surface area contributed by atoms with Gasteiger partial charge in [-0.2, -0.15) is 0 Å². The summed E-state index contributed by atoms with van der Waals surface area (Å²) in [7, 11) is 0. The number of hydrogen-bond acceptors (Lipinski definition) is 3. The number of hydrogen-bond donors (Lipinski definition) is 1. The van der Waals surface area contributed by atoms with Crippen LogP contribution in [0.3, 0.4) is 0 Å². The highest BCUT2D eigenvalue weighted by Crippen LogP contribution is 2.19.